The summed E-state index contributed by atoms with van der Waals surface area (Å²) in [5, 5.41) is 3.32. The molecule has 1 N–H and O–H groups in total. The van der Waals surface area contributed by atoms with E-state index in [9.17, 15) is 0 Å². The van der Waals surface area contributed by atoms with Gasteiger partial charge < -0.3 is 5.32 Å². The van der Waals surface area contributed by atoms with Gasteiger partial charge in [0.05, 0.1) is 4.47 Å². The number of aryl methyl sites for hydroxylation is 2. The summed E-state index contributed by atoms with van der Waals surface area (Å²) in [6.07, 6.45) is 1.85. The summed E-state index contributed by atoms with van der Waals surface area (Å²) in [4.78, 5) is 4.37. The van der Waals surface area contributed by atoms with Gasteiger partial charge in [-0.1, -0.05) is 15.9 Å². The smallest absolute Gasteiger partial charge is 0.144 e. The predicted octanol–water partition coefficient (Wildman–Crippen LogP) is 4.97. The first-order chi connectivity index (χ1) is 8.06. The quantitative estimate of drug-likeness (QED) is 0.822. The van der Waals surface area contributed by atoms with Gasteiger partial charge in [-0.25, -0.2) is 4.98 Å². The van der Waals surface area contributed by atoms with Crippen LogP contribution in [0.4, 0.5) is 11.5 Å². The van der Waals surface area contributed by atoms with Crippen molar-refractivity contribution in [1.82, 2.24) is 4.98 Å². The highest BCUT2D eigenvalue weighted by molar-refractivity contribution is 9.10. The first kappa shape index (κ1) is 12.6. The fraction of sp³-hybridized carbons (Fsp3) is 0.154. The van der Waals surface area contributed by atoms with Crippen LogP contribution in [0.15, 0.2) is 39.4 Å². The van der Waals surface area contributed by atoms with Gasteiger partial charge in [-0.2, -0.15) is 0 Å². The Hall–Kier alpha value is -0.870. The van der Waals surface area contributed by atoms with Crippen molar-refractivity contribution in [1.29, 1.82) is 0 Å². The molecule has 4 heteroatoms. The molecule has 0 aliphatic carbocycles. The summed E-state index contributed by atoms with van der Waals surface area (Å²) < 4.78 is 2.05. The molecule has 0 aliphatic rings. The van der Waals surface area contributed by atoms with Crippen LogP contribution >= 0.6 is 31.9 Å². The molecule has 1 aromatic carbocycles. The molecule has 88 valence electrons. The van der Waals surface area contributed by atoms with E-state index in [0.717, 1.165) is 26.0 Å². The normalized spacial score (nSPS) is 10.4. The number of nitrogens with one attached hydrogen (secondary N) is 1. The molecule has 0 atom stereocenters. The standard InChI is InChI=1S/C13H12Br2N2/c1-8-5-11(15)13(16-7-8)17-12-4-3-10(14)6-9(12)2/h3-7H,1-2H3,(H,16,17). The maximum atomic E-state index is 4.37. The van der Waals surface area contributed by atoms with E-state index in [2.05, 4.69) is 55.2 Å². The van der Waals surface area contributed by atoms with Gasteiger partial charge in [0.2, 0.25) is 0 Å². The first-order valence-electron chi connectivity index (χ1n) is 5.21. The van der Waals surface area contributed by atoms with Gasteiger partial charge in [-0.15, -0.1) is 0 Å². The highest BCUT2D eigenvalue weighted by atomic mass is 79.9. The molecular weight excluding hydrogens is 344 g/mol. The van der Waals surface area contributed by atoms with Crippen LogP contribution < -0.4 is 5.32 Å². The fourth-order valence-corrected chi connectivity index (χ4v) is 2.56. The molecule has 0 saturated carbocycles. The molecule has 0 spiro atoms. The van der Waals surface area contributed by atoms with Crippen LogP contribution in [0.5, 0.6) is 0 Å². The molecular formula is C13H12Br2N2. The highest BCUT2D eigenvalue weighted by Gasteiger charge is 2.04. The number of rotatable bonds is 2. The van der Waals surface area contributed by atoms with Crippen molar-refractivity contribution in [2.24, 2.45) is 0 Å². The van der Waals surface area contributed by atoms with Gasteiger partial charge in [0, 0.05) is 16.4 Å². The van der Waals surface area contributed by atoms with E-state index in [4.69, 9.17) is 0 Å². The number of halogens is 2. The zero-order valence-electron chi connectivity index (χ0n) is 9.59. The maximum Gasteiger partial charge on any atom is 0.144 e. The number of pyridine rings is 1. The Labute approximate surface area is 118 Å². The van der Waals surface area contributed by atoms with E-state index in [1.807, 2.05) is 31.3 Å². The molecule has 0 bridgehead atoms. The minimum absolute atomic E-state index is 0.834. The Kier molecular flexibility index (Phi) is 3.84. The van der Waals surface area contributed by atoms with Crippen LogP contribution in [0, 0.1) is 13.8 Å². The van der Waals surface area contributed by atoms with E-state index in [1.165, 1.54) is 5.56 Å². The van der Waals surface area contributed by atoms with Gasteiger partial charge in [0.1, 0.15) is 5.82 Å². The number of nitrogens with zero attached hydrogens (tertiary/aromatic N) is 1. The van der Waals surface area contributed by atoms with Gasteiger partial charge in [0.25, 0.3) is 0 Å². The van der Waals surface area contributed by atoms with E-state index >= 15 is 0 Å². The lowest BCUT2D eigenvalue weighted by molar-refractivity contribution is 1.24. The van der Waals surface area contributed by atoms with Crippen molar-refractivity contribution < 1.29 is 0 Å². The average Bonchev–Trinajstić information content (AvgIpc) is 2.25. The number of benzene rings is 1. The third kappa shape index (κ3) is 3.07. The van der Waals surface area contributed by atoms with Crippen LogP contribution in [-0.2, 0) is 0 Å². The molecule has 0 radical (unpaired) electrons. The fourth-order valence-electron chi connectivity index (χ4n) is 1.52. The second-order valence-corrected chi connectivity index (χ2v) is 5.70. The molecule has 2 nitrogen and oxygen atoms in total. The Morgan fingerprint density at radius 2 is 1.88 bits per heavy atom. The average molecular weight is 356 g/mol. The van der Waals surface area contributed by atoms with Crippen molar-refractivity contribution in [2.75, 3.05) is 5.32 Å². The van der Waals surface area contributed by atoms with Crippen LogP contribution in [0.2, 0.25) is 0 Å². The molecule has 0 saturated heterocycles. The molecule has 1 heterocycles. The minimum Gasteiger partial charge on any atom is -0.339 e. The minimum atomic E-state index is 0.834. The number of hydrogen-bond donors (Lipinski definition) is 1. The Morgan fingerprint density at radius 1 is 1.12 bits per heavy atom. The summed E-state index contributed by atoms with van der Waals surface area (Å²) in [5.41, 5.74) is 3.37. The van der Waals surface area contributed by atoms with Crippen LogP contribution in [-0.4, -0.2) is 4.98 Å². The largest absolute Gasteiger partial charge is 0.339 e. The van der Waals surface area contributed by atoms with Gasteiger partial charge in [0.15, 0.2) is 0 Å². The molecule has 0 amide bonds. The van der Waals surface area contributed by atoms with E-state index in [-0.39, 0.29) is 0 Å². The van der Waals surface area contributed by atoms with Gasteiger partial charge >= 0.3 is 0 Å². The summed E-state index contributed by atoms with van der Waals surface area (Å²) in [6.45, 7) is 4.08. The summed E-state index contributed by atoms with van der Waals surface area (Å²) in [6, 6.07) is 8.17. The monoisotopic (exact) mass is 354 g/mol. The van der Waals surface area contributed by atoms with Gasteiger partial charge in [-0.05, 0) is 65.2 Å². The topological polar surface area (TPSA) is 24.9 Å². The van der Waals surface area contributed by atoms with Crippen molar-refractivity contribution in [2.45, 2.75) is 13.8 Å². The lowest BCUT2D eigenvalue weighted by Crippen LogP contribution is -1.97. The highest BCUT2D eigenvalue weighted by Crippen LogP contribution is 2.27. The Balaban J connectivity index is 2.31. The van der Waals surface area contributed by atoms with E-state index in [0.29, 0.717) is 0 Å². The maximum absolute atomic E-state index is 4.37. The summed E-state index contributed by atoms with van der Waals surface area (Å²) in [5.74, 6) is 0.834. The third-order valence-electron chi connectivity index (χ3n) is 2.42. The molecule has 0 fully saturated rings. The van der Waals surface area contributed by atoms with Crippen molar-refractivity contribution in [3.8, 4) is 0 Å². The summed E-state index contributed by atoms with van der Waals surface area (Å²) >= 11 is 6.96. The number of anilines is 2. The van der Waals surface area contributed by atoms with Crippen molar-refractivity contribution in [3.05, 3.63) is 50.5 Å². The van der Waals surface area contributed by atoms with Crippen molar-refractivity contribution >= 4 is 43.4 Å². The van der Waals surface area contributed by atoms with Crippen LogP contribution in [0.1, 0.15) is 11.1 Å². The van der Waals surface area contributed by atoms with E-state index in [1.54, 1.807) is 0 Å². The van der Waals surface area contributed by atoms with Crippen LogP contribution in [0.3, 0.4) is 0 Å². The molecule has 2 aromatic rings. The van der Waals surface area contributed by atoms with E-state index < -0.39 is 0 Å². The third-order valence-corrected chi connectivity index (χ3v) is 3.52. The summed E-state index contributed by atoms with van der Waals surface area (Å²) in [7, 11) is 0. The Bertz CT molecular complexity index is 504. The predicted molar refractivity (Wildman–Crippen MR) is 78.8 cm³/mol. The van der Waals surface area contributed by atoms with Gasteiger partial charge in [-0.3, -0.25) is 0 Å². The first-order valence-corrected chi connectivity index (χ1v) is 6.80. The SMILES string of the molecule is Cc1cnc(Nc2ccc(Br)cc2C)c(Br)c1. The van der Waals surface area contributed by atoms with Crippen molar-refractivity contribution in [3.63, 3.8) is 0 Å². The zero-order chi connectivity index (χ0) is 12.4. The molecule has 17 heavy (non-hydrogen) atoms. The molecule has 1 aromatic heterocycles. The molecule has 2 rings (SSSR count). The van der Waals surface area contributed by atoms with Crippen LogP contribution in [0.25, 0.3) is 0 Å². The molecule has 0 aliphatic heterocycles. The second kappa shape index (κ2) is 5.19. The lowest BCUT2D eigenvalue weighted by Gasteiger charge is -2.10. The number of aromatic nitrogens is 1. The Morgan fingerprint density at radius 3 is 2.53 bits per heavy atom. The second-order valence-electron chi connectivity index (χ2n) is 3.93. The molecule has 0 unspecified atom stereocenters. The number of hydrogen-bond acceptors (Lipinski definition) is 2. The zero-order valence-corrected chi connectivity index (χ0v) is 12.8. The lowest BCUT2D eigenvalue weighted by atomic mass is 10.2.